The van der Waals surface area contributed by atoms with E-state index in [4.69, 9.17) is 16.3 Å². The molecule has 1 aliphatic rings. The largest absolute Gasteiger partial charge is 0.425 e. The number of halogens is 3. The number of alkyl halides is 1. The first-order valence-corrected chi connectivity index (χ1v) is 11.6. The maximum absolute atomic E-state index is 14.3. The highest BCUT2D eigenvalue weighted by molar-refractivity contribution is 6.30. The summed E-state index contributed by atoms with van der Waals surface area (Å²) in [6.07, 6.45) is -2.35. The van der Waals surface area contributed by atoms with Gasteiger partial charge in [0.2, 0.25) is 5.91 Å². The summed E-state index contributed by atoms with van der Waals surface area (Å²) in [5.74, 6) is -1.47. The van der Waals surface area contributed by atoms with Gasteiger partial charge in [0.25, 0.3) is 0 Å². The zero-order chi connectivity index (χ0) is 26.0. The number of nitrogens with zero attached hydrogens (tertiary/aromatic N) is 2. The third-order valence-electron chi connectivity index (χ3n) is 6.07. The number of hydrogen-bond donors (Lipinski definition) is 2. The van der Waals surface area contributed by atoms with Gasteiger partial charge in [-0.05, 0) is 19.1 Å². The minimum atomic E-state index is -1.42. The fourth-order valence-electron chi connectivity index (χ4n) is 4.33. The van der Waals surface area contributed by atoms with Crippen LogP contribution in [0, 0.1) is 5.82 Å². The molecule has 36 heavy (non-hydrogen) atoms. The number of carbonyl (C=O) groups is 3. The van der Waals surface area contributed by atoms with Crippen molar-refractivity contribution in [3.63, 3.8) is 0 Å². The number of carbonyl (C=O) groups excluding carboxylic acids is 3. The van der Waals surface area contributed by atoms with Crippen LogP contribution < -0.4 is 5.32 Å². The maximum Gasteiger partial charge on any atom is 0.409 e. The Labute approximate surface area is 210 Å². The first kappa shape index (κ1) is 25.6. The third kappa shape index (κ3) is 5.19. The summed E-state index contributed by atoms with van der Waals surface area (Å²) in [4.78, 5) is 38.7. The Balaban J connectivity index is 1.47. The van der Waals surface area contributed by atoms with Crippen LogP contribution >= 0.6 is 11.6 Å². The number of likely N-dealkylation sites (tertiary alicyclic amines) is 1. The number of Topliss-reactive ketones (excluding diaryl/α,β-unsaturated/α-hetero) is 1. The molecule has 0 unspecified atom stereocenters. The number of fused-ring (bicyclic) bond motifs is 1. The second-order valence-electron chi connectivity index (χ2n) is 8.51. The molecule has 1 saturated heterocycles. The molecule has 0 aliphatic carbocycles. The summed E-state index contributed by atoms with van der Waals surface area (Å²) in [7, 11) is 0. The summed E-state index contributed by atoms with van der Waals surface area (Å²) in [5.41, 5.74) is 1.07. The molecule has 2 aromatic carbocycles. The number of nitrogens with one attached hydrogen (secondary N) is 1. The molecule has 4 rings (SSSR count). The Morgan fingerprint density at radius 3 is 2.69 bits per heavy atom. The molecule has 11 heteroatoms. The van der Waals surface area contributed by atoms with E-state index in [1.54, 1.807) is 35.0 Å². The molecule has 3 aromatic rings. The molecule has 1 aromatic heterocycles. The van der Waals surface area contributed by atoms with Crippen LogP contribution in [0.15, 0.2) is 48.7 Å². The minimum absolute atomic E-state index is 0.0505. The lowest BCUT2D eigenvalue weighted by atomic mass is 10.1. The van der Waals surface area contributed by atoms with Crippen molar-refractivity contribution in [1.29, 1.82) is 0 Å². The zero-order valence-electron chi connectivity index (χ0n) is 19.3. The second-order valence-corrected chi connectivity index (χ2v) is 8.91. The van der Waals surface area contributed by atoms with E-state index in [9.17, 15) is 28.3 Å². The second kappa shape index (κ2) is 10.6. The van der Waals surface area contributed by atoms with Gasteiger partial charge in [-0.1, -0.05) is 41.9 Å². The molecule has 0 radical (unpaired) electrons. The van der Waals surface area contributed by atoms with Crippen molar-refractivity contribution in [2.24, 2.45) is 0 Å². The van der Waals surface area contributed by atoms with Gasteiger partial charge in [-0.2, -0.15) is 0 Å². The van der Waals surface area contributed by atoms with E-state index in [2.05, 4.69) is 5.32 Å². The summed E-state index contributed by atoms with van der Waals surface area (Å²) in [5, 5.41) is 12.5. The standard InChI is InChI=1S/C25H24ClF2N3O5/c1-14(33)18-11-30(21-8-3-2-5-16(18)21)12-22(34)31-10-15(27)9-23(31)36-25(35)29-20(13-32)17-6-4-7-19(26)24(17)28/h2-8,11,15,20,23,32H,9-10,12-13H2,1H3,(H,29,35)/t15-,20-,23+/m1/s1. The SMILES string of the molecule is CC(=O)c1cn(CC(=O)N2C[C@H](F)C[C@@H]2OC(=O)N[C@H](CO)c2cccc(Cl)c2F)c2ccccc12. The van der Waals surface area contributed by atoms with Gasteiger partial charge in [0.1, 0.15) is 18.5 Å². The van der Waals surface area contributed by atoms with E-state index in [-0.39, 0.29) is 35.9 Å². The van der Waals surface area contributed by atoms with Crippen molar-refractivity contribution in [2.75, 3.05) is 13.2 Å². The summed E-state index contributed by atoms with van der Waals surface area (Å²) in [6.45, 7) is 0.307. The molecule has 2 heterocycles. The van der Waals surface area contributed by atoms with Gasteiger partial charge in [0, 0.05) is 34.6 Å². The van der Waals surface area contributed by atoms with Crippen LogP contribution in [-0.4, -0.2) is 57.9 Å². The number of amides is 2. The van der Waals surface area contributed by atoms with Gasteiger partial charge < -0.3 is 24.6 Å². The molecule has 1 fully saturated rings. The van der Waals surface area contributed by atoms with Gasteiger partial charge in [-0.15, -0.1) is 0 Å². The quantitative estimate of drug-likeness (QED) is 0.460. The first-order valence-electron chi connectivity index (χ1n) is 11.2. The number of hydrogen-bond acceptors (Lipinski definition) is 5. The Bertz CT molecular complexity index is 1310. The number of benzene rings is 2. The predicted molar refractivity (Wildman–Crippen MR) is 128 cm³/mol. The van der Waals surface area contributed by atoms with Crippen molar-refractivity contribution in [2.45, 2.75) is 38.3 Å². The highest BCUT2D eigenvalue weighted by atomic mass is 35.5. The highest BCUT2D eigenvalue weighted by Gasteiger charge is 2.38. The first-order chi connectivity index (χ1) is 17.2. The van der Waals surface area contributed by atoms with Crippen molar-refractivity contribution >= 4 is 40.3 Å². The number of aliphatic hydroxyl groups excluding tert-OH is 1. The number of para-hydroxylation sites is 1. The average Bonchev–Trinajstić information content (AvgIpc) is 3.40. The molecule has 190 valence electrons. The van der Waals surface area contributed by atoms with Gasteiger partial charge in [-0.3, -0.25) is 9.59 Å². The fourth-order valence-corrected chi connectivity index (χ4v) is 4.51. The Morgan fingerprint density at radius 1 is 1.22 bits per heavy atom. The molecule has 2 N–H and O–H groups in total. The van der Waals surface area contributed by atoms with Crippen molar-refractivity contribution in [3.05, 3.63) is 70.6 Å². The van der Waals surface area contributed by atoms with Gasteiger partial charge in [-0.25, -0.2) is 13.6 Å². The number of rotatable bonds is 7. The number of aromatic nitrogens is 1. The van der Waals surface area contributed by atoms with Crippen LogP contribution in [0.2, 0.25) is 5.02 Å². The lowest BCUT2D eigenvalue weighted by Crippen LogP contribution is -2.43. The van der Waals surface area contributed by atoms with Gasteiger partial charge in [0.05, 0.1) is 24.2 Å². The number of aliphatic hydroxyl groups is 1. The highest BCUT2D eigenvalue weighted by Crippen LogP contribution is 2.26. The van der Waals surface area contributed by atoms with Crippen LogP contribution in [0.4, 0.5) is 13.6 Å². The number of ketones is 1. The average molecular weight is 520 g/mol. The zero-order valence-corrected chi connectivity index (χ0v) is 20.0. The summed E-state index contributed by atoms with van der Waals surface area (Å²) in [6, 6.07) is 10.1. The fraction of sp³-hybridized carbons (Fsp3) is 0.320. The third-order valence-corrected chi connectivity index (χ3v) is 6.36. The van der Waals surface area contributed by atoms with E-state index in [0.29, 0.717) is 16.5 Å². The van der Waals surface area contributed by atoms with E-state index >= 15 is 0 Å². The summed E-state index contributed by atoms with van der Waals surface area (Å²) >= 11 is 5.77. The Kier molecular flexibility index (Phi) is 7.56. The smallest absolute Gasteiger partial charge is 0.409 e. The number of ether oxygens (including phenoxy) is 1. The molecular weight excluding hydrogens is 496 g/mol. The molecule has 8 nitrogen and oxygen atoms in total. The molecule has 0 saturated carbocycles. The van der Waals surface area contributed by atoms with Crippen LogP contribution in [0.3, 0.4) is 0 Å². The number of alkyl carbamates (subject to hydrolysis) is 1. The van der Waals surface area contributed by atoms with Crippen molar-refractivity contribution < 1.29 is 33.0 Å². The Hall–Kier alpha value is -3.50. The monoisotopic (exact) mass is 519 g/mol. The van der Waals surface area contributed by atoms with E-state index in [0.717, 1.165) is 4.90 Å². The van der Waals surface area contributed by atoms with E-state index in [1.165, 1.54) is 25.1 Å². The molecule has 0 spiro atoms. The van der Waals surface area contributed by atoms with Gasteiger partial charge >= 0.3 is 6.09 Å². The van der Waals surface area contributed by atoms with Crippen LogP contribution in [0.5, 0.6) is 0 Å². The lowest BCUT2D eigenvalue weighted by Gasteiger charge is -2.26. The van der Waals surface area contributed by atoms with Crippen LogP contribution in [-0.2, 0) is 16.1 Å². The Morgan fingerprint density at radius 2 is 1.97 bits per heavy atom. The molecule has 1 aliphatic heterocycles. The topological polar surface area (TPSA) is 101 Å². The van der Waals surface area contributed by atoms with E-state index < -0.39 is 42.9 Å². The molecular formula is C25H24ClF2N3O5. The molecule has 0 bridgehead atoms. The van der Waals surface area contributed by atoms with Crippen LogP contribution in [0.1, 0.15) is 35.3 Å². The normalized spacial score (nSPS) is 18.3. The molecule has 3 atom stereocenters. The lowest BCUT2D eigenvalue weighted by molar-refractivity contribution is -0.138. The van der Waals surface area contributed by atoms with Crippen molar-refractivity contribution in [3.8, 4) is 0 Å². The summed E-state index contributed by atoms with van der Waals surface area (Å²) < 4.78 is 35.5. The van der Waals surface area contributed by atoms with Gasteiger partial charge in [0.15, 0.2) is 12.0 Å². The van der Waals surface area contributed by atoms with Crippen LogP contribution in [0.25, 0.3) is 10.9 Å². The van der Waals surface area contributed by atoms with Crippen molar-refractivity contribution in [1.82, 2.24) is 14.8 Å². The maximum atomic E-state index is 14.3. The molecule has 2 amide bonds. The van der Waals surface area contributed by atoms with E-state index in [1.807, 2.05) is 0 Å². The minimum Gasteiger partial charge on any atom is -0.425 e. The predicted octanol–water partition coefficient (Wildman–Crippen LogP) is 3.99.